The molecule has 2 amide bonds. The van der Waals surface area contributed by atoms with Crippen LogP contribution in [0.3, 0.4) is 0 Å². The Hall–Kier alpha value is -3.39. The zero-order valence-corrected chi connectivity index (χ0v) is 18.5. The second kappa shape index (κ2) is 10.0. The van der Waals surface area contributed by atoms with Crippen molar-refractivity contribution in [2.24, 2.45) is 5.92 Å². The summed E-state index contributed by atoms with van der Waals surface area (Å²) < 4.78 is 5.60. The average Bonchev–Trinajstić information content (AvgIpc) is 3.37. The molecular formula is C25H28N2O6. The van der Waals surface area contributed by atoms with Gasteiger partial charge in [0.25, 0.3) is 0 Å². The van der Waals surface area contributed by atoms with Crippen LogP contribution in [0.15, 0.2) is 48.5 Å². The van der Waals surface area contributed by atoms with Gasteiger partial charge in [-0.05, 0) is 54.4 Å². The molecule has 0 bridgehead atoms. The predicted octanol–water partition coefficient (Wildman–Crippen LogP) is 3.60. The lowest BCUT2D eigenvalue weighted by atomic mass is 9.98. The van der Waals surface area contributed by atoms with Crippen LogP contribution in [0.2, 0.25) is 0 Å². The van der Waals surface area contributed by atoms with E-state index in [1.165, 1.54) is 18.1 Å². The first-order valence-corrected chi connectivity index (χ1v) is 11.2. The Kier molecular flexibility index (Phi) is 6.93. The standard InChI is InChI=1S/C25H28N2O6/c1-15(24(29)30)33-27-23(28)13-16-10-11-17(12-16)26-25(31)32-14-22-20-8-4-2-6-18(20)19-7-3-5-9-21(19)22/h2-9,15-17,22H,10-14H2,1H3,(H,26,31)(H,27,28)(H,29,30)/t15?,16-,17+/m1/s1. The summed E-state index contributed by atoms with van der Waals surface area (Å²) in [5.74, 6) is -1.41. The van der Waals surface area contributed by atoms with E-state index in [0.717, 1.165) is 24.0 Å². The van der Waals surface area contributed by atoms with Gasteiger partial charge in [0, 0.05) is 18.4 Å². The summed E-state index contributed by atoms with van der Waals surface area (Å²) in [7, 11) is 0. The van der Waals surface area contributed by atoms with Gasteiger partial charge in [0.2, 0.25) is 5.91 Å². The number of hydrogen-bond acceptors (Lipinski definition) is 5. The third-order valence-electron chi connectivity index (χ3n) is 6.38. The number of carbonyl (C=O) groups excluding carboxylic acids is 2. The topological polar surface area (TPSA) is 114 Å². The van der Waals surface area contributed by atoms with Crippen molar-refractivity contribution in [3.05, 3.63) is 59.7 Å². The molecule has 2 aromatic carbocycles. The number of hydrogen-bond donors (Lipinski definition) is 3. The van der Waals surface area contributed by atoms with Crippen LogP contribution in [0.4, 0.5) is 4.79 Å². The minimum atomic E-state index is -1.15. The lowest BCUT2D eigenvalue weighted by molar-refractivity contribution is -0.159. The second-order valence-corrected chi connectivity index (χ2v) is 8.67. The Morgan fingerprint density at radius 2 is 1.67 bits per heavy atom. The molecule has 3 N–H and O–H groups in total. The maximum atomic E-state index is 12.5. The zero-order valence-electron chi connectivity index (χ0n) is 18.5. The summed E-state index contributed by atoms with van der Waals surface area (Å²) in [4.78, 5) is 40.0. The number of hydroxylamine groups is 1. The van der Waals surface area contributed by atoms with Crippen LogP contribution in [0.1, 0.15) is 49.7 Å². The molecule has 174 valence electrons. The van der Waals surface area contributed by atoms with Gasteiger partial charge in [-0.25, -0.2) is 15.1 Å². The lowest BCUT2D eigenvalue weighted by Crippen LogP contribution is -2.35. The van der Waals surface area contributed by atoms with Crippen molar-refractivity contribution in [1.82, 2.24) is 10.8 Å². The maximum absolute atomic E-state index is 12.5. The average molecular weight is 453 g/mol. The fraction of sp³-hybridized carbons (Fsp3) is 0.400. The first kappa shape index (κ1) is 22.8. The van der Waals surface area contributed by atoms with E-state index in [1.54, 1.807) is 0 Å². The number of aliphatic carboxylic acids is 1. The monoisotopic (exact) mass is 452 g/mol. The van der Waals surface area contributed by atoms with E-state index >= 15 is 0 Å². The van der Waals surface area contributed by atoms with Crippen LogP contribution in [-0.4, -0.2) is 41.8 Å². The molecule has 0 radical (unpaired) electrons. The van der Waals surface area contributed by atoms with E-state index in [-0.39, 0.29) is 36.8 Å². The quantitative estimate of drug-likeness (QED) is 0.528. The number of amides is 2. The highest BCUT2D eigenvalue weighted by molar-refractivity contribution is 5.79. The molecule has 0 spiro atoms. The minimum Gasteiger partial charge on any atom is -0.479 e. The van der Waals surface area contributed by atoms with Gasteiger partial charge < -0.3 is 15.2 Å². The number of rotatable bonds is 8. The Labute approximate surface area is 192 Å². The molecule has 0 heterocycles. The SMILES string of the molecule is CC(ONC(=O)C[C@@H]1CC[C@H](NC(=O)OCC2c3ccccc3-c3ccccc32)C1)C(=O)O. The van der Waals surface area contributed by atoms with Gasteiger partial charge in [0.1, 0.15) is 6.61 Å². The first-order chi connectivity index (χ1) is 15.9. The van der Waals surface area contributed by atoms with Gasteiger partial charge in [-0.3, -0.25) is 9.63 Å². The largest absolute Gasteiger partial charge is 0.479 e. The van der Waals surface area contributed by atoms with Crippen molar-refractivity contribution in [2.45, 2.75) is 50.7 Å². The lowest BCUT2D eigenvalue weighted by Gasteiger charge is -2.17. The maximum Gasteiger partial charge on any atom is 0.407 e. The highest BCUT2D eigenvalue weighted by atomic mass is 16.7. The van der Waals surface area contributed by atoms with E-state index < -0.39 is 18.2 Å². The minimum absolute atomic E-state index is 0.0105. The molecule has 8 heteroatoms. The number of ether oxygens (including phenoxy) is 1. The number of benzene rings is 2. The second-order valence-electron chi connectivity index (χ2n) is 8.67. The van der Waals surface area contributed by atoms with Gasteiger partial charge in [-0.1, -0.05) is 48.5 Å². The number of alkyl carbamates (subject to hydrolysis) is 1. The van der Waals surface area contributed by atoms with E-state index in [9.17, 15) is 14.4 Å². The number of fused-ring (bicyclic) bond motifs is 3. The smallest absolute Gasteiger partial charge is 0.407 e. The Bertz CT molecular complexity index is 994. The van der Waals surface area contributed by atoms with Gasteiger partial charge >= 0.3 is 12.1 Å². The Balaban J connectivity index is 1.24. The number of carboxylic acids is 1. The number of nitrogens with one attached hydrogen (secondary N) is 2. The van der Waals surface area contributed by atoms with Crippen LogP contribution in [0, 0.1) is 5.92 Å². The highest BCUT2D eigenvalue weighted by Gasteiger charge is 2.31. The number of carboxylic acid groups (broad SMARTS) is 1. The predicted molar refractivity (Wildman–Crippen MR) is 120 cm³/mol. The van der Waals surface area contributed by atoms with Crippen LogP contribution in [0.25, 0.3) is 11.1 Å². The van der Waals surface area contributed by atoms with Gasteiger partial charge in [0.15, 0.2) is 6.10 Å². The number of carbonyl (C=O) groups is 3. The van der Waals surface area contributed by atoms with Gasteiger partial charge in [-0.15, -0.1) is 0 Å². The summed E-state index contributed by atoms with van der Waals surface area (Å²) >= 11 is 0. The van der Waals surface area contributed by atoms with E-state index in [1.807, 2.05) is 24.3 Å². The molecular weight excluding hydrogens is 424 g/mol. The fourth-order valence-electron chi connectivity index (χ4n) is 4.71. The molecule has 8 nitrogen and oxygen atoms in total. The highest BCUT2D eigenvalue weighted by Crippen LogP contribution is 2.44. The van der Waals surface area contributed by atoms with Crippen LogP contribution >= 0.6 is 0 Å². The summed E-state index contributed by atoms with van der Waals surface area (Å²) in [5.41, 5.74) is 6.87. The Morgan fingerprint density at radius 3 is 2.30 bits per heavy atom. The molecule has 1 saturated carbocycles. The van der Waals surface area contributed by atoms with Crippen molar-refractivity contribution in [3.63, 3.8) is 0 Å². The molecule has 1 unspecified atom stereocenters. The third kappa shape index (κ3) is 5.34. The summed E-state index contributed by atoms with van der Waals surface area (Å²) in [6.45, 7) is 1.60. The van der Waals surface area contributed by atoms with Crippen molar-refractivity contribution in [2.75, 3.05) is 6.61 Å². The van der Waals surface area contributed by atoms with Gasteiger partial charge in [-0.2, -0.15) is 0 Å². The summed E-state index contributed by atoms with van der Waals surface area (Å²) in [5, 5.41) is 11.7. The van der Waals surface area contributed by atoms with Crippen molar-refractivity contribution in [1.29, 1.82) is 0 Å². The molecule has 33 heavy (non-hydrogen) atoms. The molecule has 1 fully saturated rings. The molecule has 2 aliphatic rings. The van der Waals surface area contributed by atoms with E-state index in [4.69, 9.17) is 14.7 Å². The third-order valence-corrected chi connectivity index (χ3v) is 6.38. The van der Waals surface area contributed by atoms with Crippen LogP contribution in [0.5, 0.6) is 0 Å². The van der Waals surface area contributed by atoms with Crippen LogP contribution < -0.4 is 10.8 Å². The van der Waals surface area contributed by atoms with Crippen molar-refractivity contribution in [3.8, 4) is 11.1 Å². The van der Waals surface area contributed by atoms with Crippen molar-refractivity contribution >= 4 is 18.0 Å². The van der Waals surface area contributed by atoms with E-state index in [2.05, 4.69) is 35.1 Å². The van der Waals surface area contributed by atoms with Crippen LogP contribution in [-0.2, 0) is 19.2 Å². The summed E-state index contributed by atoms with van der Waals surface area (Å²) in [6, 6.07) is 16.3. The fourth-order valence-corrected chi connectivity index (χ4v) is 4.71. The molecule has 0 aromatic heterocycles. The molecule has 2 aromatic rings. The Morgan fingerprint density at radius 1 is 1.03 bits per heavy atom. The van der Waals surface area contributed by atoms with E-state index in [0.29, 0.717) is 6.42 Å². The molecule has 0 saturated heterocycles. The van der Waals surface area contributed by atoms with Gasteiger partial charge in [0.05, 0.1) is 0 Å². The molecule has 3 atom stereocenters. The zero-order chi connectivity index (χ0) is 23.4. The summed E-state index contributed by atoms with van der Waals surface area (Å²) in [6.07, 6.45) is 0.859. The molecule has 2 aliphatic carbocycles. The normalized spacial score (nSPS) is 19.9. The molecule has 4 rings (SSSR count). The molecule has 0 aliphatic heterocycles. The van der Waals surface area contributed by atoms with Crippen molar-refractivity contribution < 1.29 is 29.1 Å². The first-order valence-electron chi connectivity index (χ1n) is 11.2.